The van der Waals surface area contributed by atoms with Gasteiger partial charge in [-0.2, -0.15) is 0 Å². The number of allylic oxidation sites excluding steroid dienone is 1. The molecule has 1 fully saturated rings. The van der Waals surface area contributed by atoms with Gasteiger partial charge >= 0.3 is 0 Å². The fourth-order valence-corrected chi connectivity index (χ4v) is 2.39. The highest BCUT2D eigenvalue weighted by Crippen LogP contribution is 2.29. The Kier molecular flexibility index (Phi) is 4.92. The summed E-state index contributed by atoms with van der Waals surface area (Å²) >= 11 is 0. The zero-order chi connectivity index (χ0) is 15.2. The first-order valence-electron chi connectivity index (χ1n) is 7.91. The molecule has 114 valence electrons. The van der Waals surface area contributed by atoms with E-state index in [0.717, 1.165) is 30.1 Å². The third kappa shape index (κ3) is 4.47. The molecule has 2 aromatic carbocycles. The molecule has 0 spiro atoms. The molecule has 2 aromatic rings. The molecule has 3 rings (SSSR count). The average Bonchev–Trinajstić information content (AvgIpc) is 3.35. The first-order chi connectivity index (χ1) is 10.8. The zero-order valence-corrected chi connectivity index (χ0v) is 12.7. The van der Waals surface area contributed by atoms with Crippen molar-refractivity contribution < 1.29 is 9.84 Å². The van der Waals surface area contributed by atoms with Crippen molar-refractivity contribution in [3.63, 3.8) is 0 Å². The van der Waals surface area contributed by atoms with Crippen LogP contribution in [0.4, 0.5) is 0 Å². The highest BCUT2D eigenvalue weighted by molar-refractivity contribution is 5.58. The second-order valence-corrected chi connectivity index (χ2v) is 5.94. The summed E-state index contributed by atoms with van der Waals surface area (Å²) < 4.78 is 5.71. The predicted octanol–water partition coefficient (Wildman–Crippen LogP) is 4.57. The number of rotatable bonds is 7. The van der Waals surface area contributed by atoms with Gasteiger partial charge in [0.25, 0.3) is 0 Å². The third-order valence-corrected chi connectivity index (χ3v) is 3.90. The van der Waals surface area contributed by atoms with E-state index in [1.165, 1.54) is 18.4 Å². The number of phenols is 1. The Morgan fingerprint density at radius 3 is 2.64 bits per heavy atom. The van der Waals surface area contributed by atoms with Gasteiger partial charge in [0.05, 0.1) is 6.61 Å². The van der Waals surface area contributed by atoms with Gasteiger partial charge in [0.2, 0.25) is 0 Å². The molecule has 0 aliphatic heterocycles. The number of hydrogen-bond donors (Lipinski definition) is 1. The van der Waals surface area contributed by atoms with Crippen LogP contribution in [0.3, 0.4) is 0 Å². The Morgan fingerprint density at radius 2 is 1.86 bits per heavy atom. The molecule has 0 amide bonds. The molecule has 1 aliphatic carbocycles. The Bertz CT molecular complexity index is 627. The van der Waals surface area contributed by atoms with Crippen LogP contribution in [-0.2, 0) is 17.8 Å². The molecule has 1 saturated carbocycles. The minimum atomic E-state index is 0.315. The van der Waals surface area contributed by atoms with Crippen LogP contribution in [0.15, 0.2) is 54.6 Å². The number of ether oxygens (including phenoxy) is 1. The van der Waals surface area contributed by atoms with Crippen molar-refractivity contribution in [2.24, 2.45) is 5.92 Å². The van der Waals surface area contributed by atoms with Crippen LogP contribution in [0, 0.1) is 5.92 Å². The number of hydrogen-bond acceptors (Lipinski definition) is 2. The largest absolute Gasteiger partial charge is 0.507 e. The molecule has 0 unspecified atom stereocenters. The zero-order valence-electron chi connectivity index (χ0n) is 12.7. The van der Waals surface area contributed by atoms with E-state index in [0.29, 0.717) is 12.4 Å². The molecule has 0 bridgehead atoms. The lowest BCUT2D eigenvalue weighted by Gasteiger charge is -2.06. The van der Waals surface area contributed by atoms with E-state index >= 15 is 0 Å². The Balaban J connectivity index is 1.58. The third-order valence-electron chi connectivity index (χ3n) is 3.90. The minimum Gasteiger partial charge on any atom is -0.507 e. The van der Waals surface area contributed by atoms with Crippen molar-refractivity contribution in [1.29, 1.82) is 0 Å². The predicted molar refractivity (Wildman–Crippen MR) is 89.7 cm³/mol. The van der Waals surface area contributed by atoms with Crippen molar-refractivity contribution in [1.82, 2.24) is 0 Å². The minimum absolute atomic E-state index is 0.315. The van der Waals surface area contributed by atoms with Crippen molar-refractivity contribution in [2.75, 3.05) is 6.61 Å². The van der Waals surface area contributed by atoms with Gasteiger partial charge in [-0.3, -0.25) is 0 Å². The second-order valence-electron chi connectivity index (χ2n) is 5.94. The second kappa shape index (κ2) is 7.28. The van der Waals surface area contributed by atoms with Crippen LogP contribution >= 0.6 is 0 Å². The highest BCUT2D eigenvalue weighted by atomic mass is 16.5. The van der Waals surface area contributed by atoms with E-state index in [2.05, 4.69) is 18.2 Å². The number of phenolic OH excluding ortho intramolecular Hbond substituents is 1. The fourth-order valence-electron chi connectivity index (χ4n) is 2.39. The van der Waals surface area contributed by atoms with Crippen LogP contribution in [-0.4, -0.2) is 11.7 Å². The number of benzene rings is 2. The van der Waals surface area contributed by atoms with E-state index in [1.807, 2.05) is 36.4 Å². The lowest BCUT2D eigenvalue weighted by Crippen LogP contribution is -1.97. The van der Waals surface area contributed by atoms with Crippen LogP contribution in [0.2, 0.25) is 0 Å². The normalized spacial score (nSPS) is 14.5. The first-order valence-corrected chi connectivity index (χ1v) is 7.91. The topological polar surface area (TPSA) is 29.5 Å². The van der Waals surface area contributed by atoms with Gasteiger partial charge in [-0.1, -0.05) is 48.6 Å². The molecule has 0 atom stereocenters. The van der Waals surface area contributed by atoms with Crippen LogP contribution in [0.1, 0.15) is 29.5 Å². The lowest BCUT2D eigenvalue weighted by molar-refractivity contribution is 0.111. The SMILES string of the molecule is Oc1ccc(COCC2CC2)cc1/C=C/Cc1ccccc1. The summed E-state index contributed by atoms with van der Waals surface area (Å²) in [7, 11) is 0. The molecule has 0 saturated heterocycles. The molecule has 2 nitrogen and oxygen atoms in total. The smallest absolute Gasteiger partial charge is 0.122 e. The Morgan fingerprint density at radius 1 is 1.05 bits per heavy atom. The molecule has 2 heteroatoms. The first kappa shape index (κ1) is 14.9. The highest BCUT2D eigenvalue weighted by Gasteiger charge is 2.21. The van der Waals surface area contributed by atoms with Crippen molar-refractivity contribution in [3.05, 3.63) is 71.3 Å². The van der Waals surface area contributed by atoms with Gasteiger partial charge in [0.1, 0.15) is 5.75 Å². The summed E-state index contributed by atoms with van der Waals surface area (Å²) in [6.07, 6.45) is 7.54. The molecule has 0 radical (unpaired) electrons. The summed E-state index contributed by atoms with van der Waals surface area (Å²) in [5, 5.41) is 9.96. The number of aromatic hydroxyl groups is 1. The summed E-state index contributed by atoms with van der Waals surface area (Å²) in [5.74, 6) is 1.10. The van der Waals surface area contributed by atoms with Crippen molar-refractivity contribution in [3.8, 4) is 5.75 Å². The fraction of sp³-hybridized carbons (Fsp3) is 0.300. The van der Waals surface area contributed by atoms with Gasteiger partial charge in [-0.15, -0.1) is 0 Å². The van der Waals surface area contributed by atoms with E-state index < -0.39 is 0 Å². The van der Waals surface area contributed by atoms with Gasteiger partial charge < -0.3 is 9.84 Å². The van der Waals surface area contributed by atoms with E-state index in [-0.39, 0.29) is 0 Å². The molecular weight excluding hydrogens is 272 g/mol. The summed E-state index contributed by atoms with van der Waals surface area (Å²) in [5.41, 5.74) is 3.23. The average molecular weight is 294 g/mol. The standard InChI is InChI=1S/C20H22O2/c21-20-12-11-18(15-22-14-17-9-10-17)13-19(20)8-4-7-16-5-2-1-3-6-16/h1-6,8,11-13,17,21H,7,9-10,14-15H2/b8-4+. The Hall–Kier alpha value is -2.06. The molecule has 0 aromatic heterocycles. The maximum Gasteiger partial charge on any atom is 0.122 e. The molecular formula is C20H22O2. The molecule has 1 N–H and O–H groups in total. The van der Waals surface area contributed by atoms with Crippen LogP contribution in [0.5, 0.6) is 5.75 Å². The lowest BCUT2D eigenvalue weighted by atomic mass is 10.1. The Labute approximate surface area is 132 Å². The quantitative estimate of drug-likeness (QED) is 0.810. The summed E-state index contributed by atoms with van der Waals surface area (Å²) in [6, 6.07) is 16.0. The van der Waals surface area contributed by atoms with Gasteiger partial charge in [0.15, 0.2) is 0 Å². The maximum absolute atomic E-state index is 9.96. The summed E-state index contributed by atoms with van der Waals surface area (Å²) in [4.78, 5) is 0. The summed E-state index contributed by atoms with van der Waals surface area (Å²) in [6.45, 7) is 1.48. The molecule has 1 aliphatic rings. The van der Waals surface area contributed by atoms with Crippen LogP contribution < -0.4 is 0 Å². The monoisotopic (exact) mass is 294 g/mol. The van der Waals surface area contributed by atoms with Crippen molar-refractivity contribution in [2.45, 2.75) is 25.9 Å². The van der Waals surface area contributed by atoms with E-state index in [4.69, 9.17) is 4.74 Å². The van der Waals surface area contributed by atoms with Gasteiger partial charge in [-0.05, 0) is 48.4 Å². The molecule has 0 heterocycles. The molecule has 22 heavy (non-hydrogen) atoms. The maximum atomic E-state index is 9.96. The van der Waals surface area contributed by atoms with E-state index in [9.17, 15) is 5.11 Å². The van der Waals surface area contributed by atoms with Crippen molar-refractivity contribution >= 4 is 6.08 Å². The van der Waals surface area contributed by atoms with Gasteiger partial charge in [0, 0.05) is 12.2 Å². The van der Waals surface area contributed by atoms with E-state index in [1.54, 1.807) is 6.07 Å². The van der Waals surface area contributed by atoms with Crippen LogP contribution in [0.25, 0.3) is 6.08 Å². The van der Waals surface area contributed by atoms with Gasteiger partial charge in [-0.25, -0.2) is 0 Å².